The standard InChI is InChI=1S/C17H13FN6O.ClH/c1-10(22-25)14-4-5-15-17(20-14)24(23-21-15)9-12-7-11-3-2-6-19-16(11)8-13(12)18;/h2-8,25H,9H2,1H3;1H/b22-10+;. The second-order valence-corrected chi connectivity index (χ2v) is 5.61. The van der Waals surface area contributed by atoms with E-state index < -0.39 is 0 Å². The first-order valence-corrected chi connectivity index (χ1v) is 7.58. The first-order valence-electron chi connectivity index (χ1n) is 7.58. The van der Waals surface area contributed by atoms with Gasteiger partial charge in [-0.3, -0.25) is 4.98 Å². The van der Waals surface area contributed by atoms with E-state index in [0.717, 1.165) is 5.39 Å². The van der Waals surface area contributed by atoms with Gasteiger partial charge < -0.3 is 5.21 Å². The Kier molecular flexibility index (Phi) is 4.77. The number of hydrogen-bond donors (Lipinski definition) is 1. The van der Waals surface area contributed by atoms with Crippen LogP contribution >= 0.6 is 12.4 Å². The lowest BCUT2D eigenvalue weighted by atomic mass is 10.1. The molecule has 0 fully saturated rings. The molecule has 0 aliphatic rings. The predicted molar refractivity (Wildman–Crippen MR) is 97.4 cm³/mol. The number of rotatable bonds is 3. The molecule has 0 bridgehead atoms. The lowest BCUT2D eigenvalue weighted by molar-refractivity contribution is 0.319. The third-order valence-corrected chi connectivity index (χ3v) is 3.97. The zero-order valence-corrected chi connectivity index (χ0v) is 14.5. The molecular weight excluding hydrogens is 359 g/mol. The Bertz CT molecular complexity index is 1130. The summed E-state index contributed by atoms with van der Waals surface area (Å²) in [6.07, 6.45) is 1.63. The highest BCUT2D eigenvalue weighted by Gasteiger charge is 2.12. The highest BCUT2D eigenvalue weighted by molar-refractivity contribution is 5.97. The van der Waals surface area contributed by atoms with Gasteiger partial charge in [-0.05, 0) is 31.2 Å². The first-order chi connectivity index (χ1) is 12.2. The fourth-order valence-corrected chi connectivity index (χ4v) is 2.64. The second-order valence-electron chi connectivity index (χ2n) is 5.61. The zero-order valence-electron chi connectivity index (χ0n) is 13.7. The number of oxime groups is 1. The maximum absolute atomic E-state index is 14.4. The summed E-state index contributed by atoms with van der Waals surface area (Å²) < 4.78 is 15.9. The quantitative estimate of drug-likeness (QED) is 0.339. The van der Waals surface area contributed by atoms with Gasteiger partial charge in [0.05, 0.1) is 17.8 Å². The largest absolute Gasteiger partial charge is 0.411 e. The predicted octanol–water partition coefficient (Wildman–Crippen LogP) is 3.18. The molecule has 1 aromatic carbocycles. The number of hydrogen-bond acceptors (Lipinski definition) is 6. The van der Waals surface area contributed by atoms with E-state index in [1.54, 1.807) is 37.4 Å². The van der Waals surface area contributed by atoms with Crippen LogP contribution in [0.2, 0.25) is 0 Å². The van der Waals surface area contributed by atoms with Crippen LogP contribution in [0.15, 0.2) is 47.8 Å². The molecule has 0 saturated carbocycles. The van der Waals surface area contributed by atoms with Crippen molar-refractivity contribution in [3.63, 3.8) is 0 Å². The molecule has 0 aliphatic heterocycles. The number of benzene rings is 1. The van der Waals surface area contributed by atoms with Crippen LogP contribution in [0.5, 0.6) is 0 Å². The normalized spacial score (nSPS) is 11.7. The molecule has 0 saturated heterocycles. The van der Waals surface area contributed by atoms with Gasteiger partial charge >= 0.3 is 0 Å². The molecule has 0 radical (unpaired) electrons. The highest BCUT2D eigenvalue weighted by atomic mass is 35.5. The van der Waals surface area contributed by atoms with Crippen molar-refractivity contribution < 1.29 is 9.60 Å². The van der Waals surface area contributed by atoms with Crippen LogP contribution in [0.3, 0.4) is 0 Å². The Morgan fingerprint density at radius 2 is 2.08 bits per heavy atom. The van der Waals surface area contributed by atoms with E-state index in [-0.39, 0.29) is 24.8 Å². The van der Waals surface area contributed by atoms with Gasteiger partial charge in [0.25, 0.3) is 0 Å². The third-order valence-electron chi connectivity index (χ3n) is 3.97. The van der Waals surface area contributed by atoms with Gasteiger partial charge in [-0.15, -0.1) is 17.5 Å². The summed E-state index contributed by atoms with van der Waals surface area (Å²) in [5.41, 5.74) is 3.01. The summed E-state index contributed by atoms with van der Waals surface area (Å²) >= 11 is 0. The number of pyridine rings is 2. The van der Waals surface area contributed by atoms with Gasteiger partial charge in [0, 0.05) is 23.2 Å². The molecule has 3 heterocycles. The maximum atomic E-state index is 14.4. The zero-order chi connectivity index (χ0) is 17.4. The third kappa shape index (κ3) is 3.06. The molecule has 132 valence electrons. The van der Waals surface area contributed by atoms with E-state index in [1.807, 2.05) is 6.07 Å². The molecule has 0 aliphatic carbocycles. The summed E-state index contributed by atoms with van der Waals surface area (Å²) in [7, 11) is 0. The topological polar surface area (TPSA) is 89.1 Å². The molecule has 3 aromatic heterocycles. The Balaban J connectivity index is 0.00000196. The van der Waals surface area contributed by atoms with Gasteiger partial charge in [0.15, 0.2) is 5.65 Å². The van der Waals surface area contributed by atoms with E-state index in [2.05, 4.69) is 25.4 Å². The fraction of sp³-hybridized carbons (Fsp3) is 0.118. The van der Waals surface area contributed by atoms with Gasteiger partial charge in [-0.1, -0.05) is 16.4 Å². The molecule has 0 spiro atoms. The average molecular weight is 373 g/mol. The van der Waals surface area contributed by atoms with Crippen LogP contribution < -0.4 is 0 Å². The van der Waals surface area contributed by atoms with Gasteiger partial charge in [-0.2, -0.15) is 0 Å². The van der Waals surface area contributed by atoms with Crippen molar-refractivity contribution in [2.24, 2.45) is 5.16 Å². The van der Waals surface area contributed by atoms with Crippen molar-refractivity contribution in [3.8, 4) is 0 Å². The van der Waals surface area contributed by atoms with E-state index in [4.69, 9.17) is 5.21 Å². The van der Waals surface area contributed by atoms with E-state index in [1.165, 1.54) is 10.7 Å². The van der Waals surface area contributed by atoms with Gasteiger partial charge in [-0.25, -0.2) is 14.1 Å². The van der Waals surface area contributed by atoms with Crippen molar-refractivity contribution in [3.05, 3.63) is 59.7 Å². The summed E-state index contributed by atoms with van der Waals surface area (Å²) in [6, 6.07) is 10.3. The lowest BCUT2D eigenvalue weighted by Gasteiger charge is -2.06. The number of nitrogens with zero attached hydrogens (tertiary/aromatic N) is 6. The van der Waals surface area contributed by atoms with Gasteiger partial charge in [0.1, 0.15) is 17.0 Å². The molecular formula is C17H14ClFN6O. The molecule has 0 unspecified atom stereocenters. The van der Waals surface area contributed by atoms with Crippen LogP contribution in [0.1, 0.15) is 18.2 Å². The molecule has 0 amide bonds. The molecule has 26 heavy (non-hydrogen) atoms. The Labute approximate surface area is 153 Å². The molecule has 9 heteroatoms. The van der Waals surface area contributed by atoms with Crippen molar-refractivity contribution in [1.29, 1.82) is 0 Å². The maximum Gasteiger partial charge on any atom is 0.179 e. The van der Waals surface area contributed by atoms with Crippen molar-refractivity contribution >= 4 is 40.2 Å². The average Bonchev–Trinajstić information content (AvgIpc) is 3.04. The Morgan fingerprint density at radius 3 is 2.88 bits per heavy atom. The van der Waals surface area contributed by atoms with Crippen molar-refractivity contribution in [2.45, 2.75) is 13.5 Å². The minimum Gasteiger partial charge on any atom is -0.411 e. The van der Waals surface area contributed by atoms with E-state index in [0.29, 0.717) is 33.6 Å². The van der Waals surface area contributed by atoms with Crippen LogP contribution in [0, 0.1) is 5.82 Å². The lowest BCUT2D eigenvalue weighted by Crippen LogP contribution is -2.07. The van der Waals surface area contributed by atoms with E-state index >= 15 is 0 Å². The highest BCUT2D eigenvalue weighted by Crippen LogP contribution is 2.19. The fourth-order valence-electron chi connectivity index (χ4n) is 2.64. The van der Waals surface area contributed by atoms with Crippen LogP contribution in [0.4, 0.5) is 4.39 Å². The first kappa shape index (κ1) is 17.7. The number of aromatic nitrogens is 5. The van der Waals surface area contributed by atoms with Crippen molar-refractivity contribution in [1.82, 2.24) is 25.0 Å². The van der Waals surface area contributed by atoms with E-state index in [9.17, 15) is 4.39 Å². The summed E-state index contributed by atoms with van der Waals surface area (Å²) in [5.74, 6) is -0.362. The smallest absolute Gasteiger partial charge is 0.179 e. The Morgan fingerprint density at radius 1 is 1.23 bits per heavy atom. The Hall–Kier alpha value is -3.13. The molecule has 1 N–H and O–H groups in total. The van der Waals surface area contributed by atoms with Crippen LogP contribution in [-0.2, 0) is 6.54 Å². The van der Waals surface area contributed by atoms with Crippen molar-refractivity contribution in [2.75, 3.05) is 0 Å². The summed E-state index contributed by atoms with van der Waals surface area (Å²) in [5, 5.41) is 21.0. The molecule has 7 nitrogen and oxygen atoms in total. The summed E-state index contributed by atoms with van der Waals surface area (Å²) in [6.45, 7) is 1.82. The molecule has 4 rings (SSSR count). The number of fused-ring (bicyclic) bond motifs is 2. The molecule has 4 aromatic rings. The summed E-state index contributed by atoms with van der Waals surface area (Å²) in [4.78, 5) is 8.55. The number of halogens is 2. The monoisotopic (exact) mass is 372 g/mol. The van der Waals surface area contributed by atoms with Gasteiger partial charge in [0.2, 0.25) is 0 Å². The SMILES string of the molecule is C/C(=N\O)c1ccc2nnn(Cc3cc4cccnc4cc3F)c2n1.Cl. The second kappa shape index (κ2) is 7.01. The van der Waals surface area contributed by atoms with Crippen LogP contribution in [-0.4, -0.2) is 35.9 Å². The van der Waals surface area contributed by atoms with Crippen LogP contribution in [0.25, 0.3) is 22.1 Å². The molecule has 0 atom stereocenters. The minimum absolute atomic E-state index is 0. The minimum atomic E-state index is -0.362.